The predicted molar refractivity (Wildman–Crippen MR) is 84.8 cm³/mol. The van der Waals surface area contributed by atoms with Crippen LogP contribution < -0.4 is 11.4 Å². The molecule has 1 aromatic carbocycles. The standard InChI is InChI=1S/C14H17N5O2S/c1-10-13(21)19(15)14(17-16-10)22-9-12(20)18(2)8-11-6-4-3-5-7-11/h3-7H,8-9,15H2,1-2H3. The molecule has 0 atom stereocenters. The second-order valence-corrected chi connectivity index (χ2v) is 5.71. The van der Waals surface area contributed by atoms with Crippen LogP contribution in [0.4, 0.5) is 0 Å². The van der Waals surface area contributed by atoms with Gasteiger partial charge in [0.15, 0.2) is 0 Å². The van der Waals surface area contributed by atoms with Crippen molar-refractivity contribution in [3.05, 3.63) is 51.9 Å². The summed E-state index contributed by atoms with van der Waals surface area (Å²) >= 11 is 1.09. The second-order valence-electron chi connectivity index (χ2n) is 4.77. The average molecular weight is 319 g/mol. The lowest BCUT2D eigenvalue weighted by atomic mass is 10.2. The van der Waals surface area contributed by atoms with Crippen molar-refractivity contribution >= 4 is 17.7 Å². The first-order valence-electron chi connectivity index (χ1n) is 6.61. The molecule has 1 aromatic heterocycles. The van der Waals surface area contributed by atoms with E-state index in [1.54, 1.807) is 11.9 Å². The molecule has 2 N–H and O–H groups in total. The Hall–Kier alpha value is -2.35. The monoisotopic (exact) mass is 319 g/mol. The van der Waals surface area contributed by atoms with Gasteiger partial charge in [0, 0.05) is 13.6 Å². The van der Waals surface area contributed by atoms with E-state index in [0.717, 1.165) is 22.0 Å². The van der Waals surface area contributed by atoms with Gasteiger partial charge in [-0.1, -0.05) is 42.1 Å². The molecule has 1 heterocycles. The van der Waals surface area contributed by atoms with Gasteiger partial charge in [-0.2, -0.15) is 4.68 Å². The minimum Gasteiger partial charge on any atom is -0.341 e. The smallest absolute Gasteiger partial charge is 0.294 e. The van der Waals surface area contributed by atoms with Gasteiger partial charge in [0.2, 0.25) is 11.1 Å². The van der Waals surface area contributed by atoms with Crippen LogP contribution >= 0.6 is 11.8 Å². The largest absolute Gasteiger partial charge is 0.341 e. The van der Waals surface area contributed by atoms with Gasteiger partial charge in [-0.15, -0.1) is 10.2 Å². The molecule has 0 aliphatic carbocycles. The van der Waals surface area contributed by atoms with E-state index in [9.17, 15) is 9.59 Å². The van der Waals surface area contributed by atoms with Crippen molar-refractivity contribution in [3.63, 3.8) is 0 Å². The summed E-state index contributed by atoms with van der Waals surface area (Å²) in [4.78, 5) is 25.4. The van der Waals surface area contributed by atoms with Gasteiger partial charge in [-0.25, -0.2) is 0 Å². The maximum absolute atomic E-state index is 12.1. The molecule has 8 heteroatoms. The molecule has 0 aliphatic rings. The third-order valence-corrected chi connectivity index (χ3v) is 3.96. The third-order valence-electron chi connectivity index (χ3n) is 3.03. The van der Waals surface area contributed by atoms with E-state index in [2.05, 4.69) is 10.2 Å². The van der Waals surface area contributed by atoms with Crippen LogP contribution in [0.3, 0.4) is 0 Å². The molecule has 2 rings (SSSR count). The Balaban J connectivity index is 1.95. The Morgan fingerprint density at radius 2 is 2.00 bits per heavy atom. The molecular weight excluding hydrogens is 302 g/mol. The topological polar surface area (TPSA) is 94.1 Å². The van der Waals surface area contributed by atoms with Gasteiger partial charge < -0.3 is 10.7 Å². The van der Waals surface area contributed by atoms with E-state index in [-0.39, 0.29) is 22.5 Å². The summed E-state index contributed by atoms with van der Waals surface area (Å²) in [6.45, 7) is 2.06. The molecule has 2 aromatic rings. The number of aromatic nitrogens is 3. The van der Waals surface area contributed by atoms with Gasteiger partial charge in [-0.05, 0) is 12.5 Å². The van der Waals surface area contributed by atoms with E-state index >= 15 is 0 Å². The van der Waals surface area contributed by atoms with Crippen LogP contribution in [0.15, 0.2) is 40.3 Å². The molecule has 7 nitrogen and oxygen atoms in total. The third kappa shape index (κ3) is 3.85. The lowest BCUT2D eigenvalue weighted by molar-refractivity contribution is -0.127. The Kier molecular flexibility index (Phi) is 5.16. The molecular formula is C14H17N5O2S. The number of nitrogen functional groups attached to an aromatic ring is 1. The van der Waals surface area contributed by atoms with E-state index in [0.29, 0.717) is 6.54 Å². The molecule has 22 heavy (non-hydrogen) atoms. The molecule has 116 valence electrons. The van der Waals surface area contributed by atoms with Gasteiger partial charge in [0.25, 0.3) is 5.56 Å². The van der Waals surface area contributed by atoms with Crippen molar-refractivity contribution in [2.45, 2.75) is 18.6 Å². The van der Waals surface area contributed by atoms with Crippen LogP contribution in [0.2, 0.25) is 0 Å². The maximum atomic E-state index is 12.1. The first-order valence-corrected chi connectivity index (χ1v) is 7.59. The summed E-state index contributed by atoms with van der Waals surface area (Å²) in [5.41, 5.74) is 0.858. The van der Waals surface area contributed by atoms with Crippen molar-refractivity contribution in [1.29, 1.82) is 0 Å². The highest BCUT2D eigenvalue weighted by Gasteiger charge is 2.13. The average Bonchev–Trinajstić information content (AvgIpc) is 2.52. The summed E-state index contributed by atoms with van der Waals surface area (Å²) < 4.78 is 0.914. The van der Waals surface area contributed by atoms with E-state index in [1.807, 2.05) is 30.3 Å². The summed E-state index contributed by atoms with van der Waals surface area (Å²) in [6.07, 6.45) is 0. The van der Waals surface area contributed by atoms with E-state index < -0.39 is 5.56 Å². The fourth-order valence-electron chi connectivity index (χ4n) is 1.75. The zero-order valence-electron chi connectivity index (χ0n) is 12.4. The number of nitrogens with two attached hydrogens (primary N) is 1. The van der Waals surface area contributed by atoms with Crippen LogP contribution in [-0.4, -0.2) is 38.5 Å². The van der Waals surface area contributed by atoms with Gasteiger partial charge in [0.1, 0.15) is 5.69 Å². The van der Waals surface area contributed by atoms with Gasteiger partial charge in [-0.3, -0.25) is 9.59 Å². The number of benzene rings is 1. The molecule has 0 aliphatic heterocycles. The number of carbonyl (C=O) groups is 1. The summed E-state index contributed by atoms with van der Waals surface area (Å²) in [6, 6.07) is 9.70. The SMILES string of the molecule is Cc1nnc(SCC(=O)N(C)Cc2ccccc2)n(N)c1=O. The van der Waals surface area contributed by atoms with Crippen LogP contribution in [-0.2, 0) is 11.3 Å². The minimum atomic E-state index is -0.414. The fourth-order valence-corrected chi connectivity index (χ4v) is 2.54. The van der Waals surface area contributed by atoms with E-state index in [1.165, 1.54) is 6.92 Å². The first-order chi connectivity index (χ1) is 10.5. The number of hydrogen-bond donors (Lipinski definition) is 1. The number of thioether (sulfide) groups is 1. The molecule has 0 radical (unpaired) electrons. The summed E-state index contributed by atoms with van der Waals surface area (Å²) in [5, 5.41) is 7.77. The minimum absolute atomic E-state index is 0.0799. The molecule has 0 fully saturated rings. The van der Waals surface area contributed by atoms with Crippen molar-refractivity contribution in [2.75, 3.05) is 18.6 Å². The van der Waals surface area contributed by atoms with Gasteiger partial charge in [0.05, 0.1) is 5.75 Å². The molecule has 0 bridgehead atoms. The number of aryl methyl sites for hydroxylation is 1. The molecule has 0 spiro atoms. The maximum Gasteiger partial charge on any atom is 0.294 e. The number of nitrogens with zero attached hydrogens (tertiary/aromatic N) is 4. The molecule has 0 unspecified atom stereocenters. The lowest BCUT2D eigenvalue weighted by Gasteiger charge is -2.17. The Morgan fingerprint density at radius 1 is 1.32 bits per heavy atom. The second kappa shape index (κ2) is 7.08. The van der Waals surface area contributed by atoms with Crippen molar-refractivity contribution in [2.24, 2.45) is 0 Å². The Labute approximate surface area is 132 Å². The first kappa shape index (κ1) is 16.0. The number of rotatable bonds is 5. The van der Waals surface area contributed by atoms with Crippen LogP contribution in [0, 0.1) is 6.92 Å². The van der Waals surface area contributed by atoms with Crippen LogP contribution in [0.1, 0.15) is 11.3 Å². The number of carbonyl (C=O) groups excluding carboxylic acids is 1. The highest BCUT2D eigenvalue weighted by Crippen LogP contribution is 2.13. The number of amides is 1. The predicted octanol–water partition coefficient (Wildman–Crippen LogP) is 0.411. The van der Waals surface area contributed by atoms with Crippen LogP contribution in [0.5, 0.6) is 0 Å². The van der Waals surface area contributed by atoms with E-state index in [4.69, 9.17) is 5.84 Å². The lowest BCUT2D eigenvalue weighted by Crippen LogP contribution is -2.33. The normalized spacial score (nSPS) is 10.5. The summed E-state index contributed by atoms with van der Waals surface area (Å²) in [5.74, 6) is 5.68. The Morgan fingerprint density at radius 3 is 2.68 bits per heavy atom. The Bertz CT molecular complexity index is 717. The molecule has 0 saturated carbocycles. The van der Waals surface area contributed by atoms with Gasteiger partial charge >= 0.3 is 0 Å². The van der Waals surface area contributed by atoms with Crippen molar-refractivity contribution in [3.8, 4) is 0 Å². The summed E-state index contributed by atoms with van der Waals surface area (Å²) in [7, 11) is 1.73. The highest BCUT2D eigenvalue weighted by atomic mass is 32.2. The van der Waals surface area contributed by atoms with Crippen molar-refractivity contribution < 1.29 is 4.79 Å². The number of hydrogen-bond acceptors (Lipinski definition) is 6. The molecule has 1 amide bonds. The highest BCUT2D eigenvalue weighted by molar-refractivity contribution is 7.99. The zero-order chi connectivity index (χ0) is 16.1. The fraction of sp³-hybridized carbons (Fsp3) is 0.286. The molecule has 0 saturated heterocycles. The zero-order valence-corrected chi connectivity index (χ0v) is 13.2. The van der Waals surface area contributed by atoms with Crippen molar-refractivity contribution in [1.82, 2.24) is 19.8 Å². The quantitative estimate of drug-likeness (QED) is 0.634. The van der Waals surface area contributed by atoms with Crippen LogP contribution in [0.25, 0.3) is 0 Å².